The van der Waals surface area contributed by atoms with E-state index in [2.05, 4.69) is 12.2 Å². The molecule has 1 N–H and O–H groups in total. The summed E-state index contributed by atoms with van der Waals surface area (Å²) in [5.74, 6) is 1.07. The van der Waals surface area contributed by atoms with Gasteiger partial charge in [0, 0.05) is 17.1 Å². The van der Waals surface area contributed by atoms with E-state index in [-0.39, 0.29) is 11.6 Å². The van der Waals surface area contributed by atoms with Gasteiger partial charge in [0.2, 0.25) is 0 Å². The van der Waals surface area contributed by atoms with Crippen molar-refractivity contribution in [2.75, 3.05) is 25.2 Å². The average Bonchev–Trinajstić information content (AvgIpc) is 2.97. The lowest BCUT2D eigenvalue weighted by Gasteiger charge is -2.32. The number of ether oxygens (including phenoxy) is 1. The van der Waals surface area contributed by atoms with Gasteiger partial charge in [0.1, 0.15) is 11.6 Å². The second-order valence-corrected chi connectivity index (χ2v) is 10.2. The SMILES string of the molecule is CCCCCN(C(=O)Nc1ccc(SC)cc1)C(CC)c1nc2ccccc2c(=O)n1-c1ccccc1OC. The summed E-state index contributed by atoms with van der Waals surface area (Å²) in [5, 5.41) is 3.59. The van der Waals surface area contributed by atoms with E-state index in [4.69, 9.17) is 9.72 Å². The minimum absolute atomic E-state index is 0.194. The van der Waals surface area contributed by atoms with E-state index in [9.17, 15) is 9.59 Å². The standard InChI is InChI=1S/C31H36N4O3S/c1-5-7-12-21-34(31(37)32-22-17-19-23(39-4)20-18-22)26(6-2)29-33-25-14-9-8-13-24(25)30(36)35(29)27-15-10-11-16-28(27)38-3/h8-11,13-20,26H,5-7,12,21H2,1-4H3,(H,32,37). The van der Waals surface area contributed by atoms with Gasteiger partial charge in [-0.15, -0.1) is 11.8 Å². The molecule has 1 unspecified atom stereocenters. The predicted octanol–water partition coefficient (Wildman–Crippen LogP) is 7.29. The summed E-state index contributed by atoms with van der Waals surface area (Å²) in [7, 11) is 1.59. The third-order valence-corrected chi connectivity index (χ3v) is 7.54. The van der Waals surface area contributed by atoms with Gasteiger partial charge in [-0.1, -0.05) is 51.0 Å². The topological polar surface area (TPSA) is 76.5 Å². The first-order valence-corrected chi connectivity index (χ1v) is 14.6. The minimum atomic E-state index is -0.449. The predicted molar refractivity (Wildman–Crippen MR) is 160 cm³/mol. The number of hydrogen-bond acceptors (Lipinski definition) is 5. The zero-order valence-electron chi connectivity index (χ0n) is 23.0. The Hall–Kier alpha value is -3.78. The molecule has 3 aromatic carbocycles. The molecule has 0 saturated heterocycles. The second kappa shape index (κ2) is 13.3. The lowest BCUT2D eigenvalue weighted by Crippen LogP contribution is -2.41. The van der Waals surface area contributed by atoms with Crippen LogP contribution >= 0.6 is 11.8 Å². The van der Waals surface area contributed by atoms with Crippen LogP contribution in [0.1, 0.15) is 51.4 Å². The first-order valence-electron chi connectivity index (χ1n) is 13.4. The number of para-hydroxylation sites is 3. The molecule has 1 aromatic heterocycles. The Balaban J connectivity index is 1.86. The summed E-state index contributed by atoms with van der Waals surface area (Å²) >= 11 is 1.65. The van der Waals surface area contributed by atoms with Crippen LogP contribution in [-0.4, -0.2) is 40.4 Å². The molecule has 0 fully saturated rings. The molecule has 8 heteroatoms. The summed E-state index contributed by atoms with van der Waals surface area (Å²) in [4.78, 5) is 35.8. The van der Waals surface area contributed by atoms with E-state index in [0.717, 1.165) is 29.8 Å². The lowest BCUT2D eigenvalue weighted by molar-refractivity contribution is 0.179. The Morgan fingerprint density at radius 2 is 1.74 bits per heavy atom. The number of methoxy groups -OCH3 is 1. The highest BCUT2D eigenvalue weighted by molar-refractivity contribution is 7.98. The first-order chi connectivity index (χ1) is 19.0. The van der Waals surface area contributed by atoms with Crippen molar-refractivity contribution in [2.24, 2.45) is 0 Å². The third-order valence-electron chi connectivity index (χ3n) is 6.79. The number of rotatable bonds is 11. The summed E-state index contributed by atoms with van der Waals surface area (Å²) in [6, 6.07) is 21.9. The summed E-state index contributed by atoms with van der Waals surface area (Å²) < 4.78 is 7.25. The van der Waals surface area contributed by atoms with Gasteiger partial charge in [-0.25, -0.2) is 9.78 Å². The molecule has 0 saturated carbocycles. The van der Waals surface area contributed by atoms with Crippen LogP contribution in [0, 0.1) is 0 Å². The van der Waals surface area contributed by atoms with Gasteiger partial charge in [-0.05, 0) is 67.6 Å². The fourth-order valence-corrected chi connectivity index (χ4v) is 5.17. The zero-order chi connectivity index (χ0) is 27.8. The molecule has 7 nitrogen and oxygen atoms in total. The molecule has 4 aromatic rings. The minimum Gasteiger partial charge on any atom is -0.495 e. The quantitative estimate of drug-likeness (QED) is 0.158. The number of urea groups is 1. The molecule has 0 spiro atoms. The number of unbranched alkanes of at least 4 members (excludes halogenated alkanes) is 2. The van der Waals surface area contributed by atoms with Crippen molar-refractivity contribution < 1.29 is 9.53 Å². The van der Waals surface area contributed by atoms with E-state index in [1.807, 2.05) is 84.8 Å². The molecule has 1 heterocycles. The lowest BCUT2D eigenvalue weighted by atomic mass is 10.1. The van der Waals surface area contributed by atoms with Crippen molar-refractivity contribution in [3.05, 3.63) is 89.0 Å². The van der Waals surface area contributed by atoms with Crippen molar-refractivity contribution in [1.82, 2.24) is 14.5 Å². The maximum absolute atomic E-state index is 14.0. The van der Waals surface area contributed by atoms with Crippen LogP contribution in [0.5, 0.6) is 5.75 Å². The Labute approximate surface area is 234 Å². The summed E-state index contributed by atoms with van der Waals surface area (Å²) in [6.07, 6.45) is 5.46. The fourth-order valence-electron chi connectivity index (χ4n) is 4.76. The van der Waals surface area contributed by atoms with Gasteiger partial charge in [0.25, 0.3) is 5.56 Å². The first kappa shape index (κ1) is 28.2. The van der Waals surface area contributed by atoms with Gasteiger partial charge in [-0.3, -0.25) is 9.36 Å². The van der Waals surface area contributed by atoms with Crippen LogP contribution in [0.3, 0.4) is 0 Å². The highest BCUT2D eigenvalue weighted by Crippen LogP contribution is 2.30. The maximum Gasteiger partial charge on any atom is 0.322 e. The Morgan fingerprint density at radius 1 is 1.03 bits per heavy atom. The zero-order valence-corrected chi connectivity index (χ0v) is 23.8. The van der Waals surface area contributed by atoms with Crippen molar-refractivity contribution in [3.8, 4) is 11.4 Å². The number of hydrogen-bond donors (Lipinski definition) is 1. The summed E-state index contributed by atoms with van der Waals surface area (Å²) in [6.45, 7) is 4.70. The number of carbonyl (C=O) groups is 1. The molecule has 2 amide bonds. The molecule has 0 aliphatic rings. The van der Waals surface area contributed by atoms with E-state index >= 15 is 0 Å². The molecule has 39 heavy (non-hydrogen) atoms. The van der Waals surface area contributed by atoms with Crippen LogP contribution in [0.25, 0.3) is 16.6 Å². The highest BCUT2D eigenvalue weighted by Gasteiger charge is 2.29. The van der Waals surface area contributed by atoms with Crippen molar-refractivity contribution in [2.45, 2.75) is 50.5 Å². The molecule has 0 radical (unpaired) electrons. The van der Waals surface area contributed by atoms with E-state index in [1.165, 1.54) is 0 Å². The monoisotopic (exact) mass is 544 g/mol. The highest BCUT2D eigenvalue weighted by atomic mass is 32.2. The maximum atomic E-state index is 14.0. The molecule has 0 bridgehead atoms. The number of anilines is 1. The van der Waals surface area contributed by atoms with Crippen LogP contribution in [0.15, 0.2) is 82.5 Å². The van der Waals surface area contributed by atoms with Crippen LogP contribution in [0.2, 0.25) is 0 Å². The number of nitrogens with zero attached hydrogens (tertiary/aromatic N) is 3. The van der Waals surface area contributed by atoms with Crippen molar-refractivity contribution in [1.29, 1.82) is 0 Å². The van der Waals surface area contributed by atoms with E-state index < -0.39 is 6.04 Å². The molecular formula is C31H36N4O3S. The molecular weight excluding hydrogens is 508 g/mol. The normalized spacial score (nSPS) is 11.8. The molecule has 0 aliphatic carbocycles. The smallest absolute Gasteiger partial charge is 0.322 e. The number of benzene rings is 3. The Bertz CT molecular complexity index is 1470. The largest absolute Gasteiger partial charge is 0.495 e. The second-order valence-electron chi connectivity index (χ2n) is 9.28. The van der Waals surface area contributed by atoms with E-state index in [1.54, 1.807) is 29.5 Å². The summed E-state index contributed by atoms with van der Waals surface area (Å²) in [5.41, 5.74) is 1.73. The number of aromatic nitrogens is 2. The Morgan fingerprint density at radius 3 is 2.44 bits per heavy atom. The number of carbonyl (C=O) groups excluding carboxylic acids is 1. The van der Waals surface area contributed by atoms with Gasteiger partial charge in [0.15, 0.2) is 0 Å². The average molecular weight is 545 g/mol. The third kappa shape index (κ3) is 6.28. The van der Waals surface area contributed by atoms with Crippen LogP contribution < -0.4 is 15.6 Å². The molecule has 1 atom stereocenters. The molecule has 0 aliphatic heterocycles. The van der Waals surface area contributed by atoms with Crippen molar-refractivity contribution in [3.63, 3.8) is 0 Å². The molecule has 204 valence electrons. The van der Waals surface area contributed by atoms with Gasteiger partial charge in [0.05, 0.1) is 29.7 Å². The van der Waals surface area contributed by atoms with Gasteiger partial charge < -0.3 is 15.0 Å². The van der Waals surface area contributed by atoms with Crippen molar-refractivity contribution >= 4 is 34.4 Å². The van der Waals surface area contributed by atoms with Crippen LogP contribution in [0.4, 0.5) is 10.5 Å². The number of amides is 2. The van der Waals surface area contributed by atoms with Crippen LogP contribution in [-0.2, 0) is 0 Å². The van der Waals surface area contributed by atoms with Gasteiger partial charge >= 0.3 is 6.03 Å². The van der Waals surface area contributed by atoms with E-state index in [0.29, 0.717) is 41.1 Å². The molecule has 4 rings (SSSR count). The number of nitrogens with one attached hydrogen (secondary N) is 1. The Kier molecular flexibility index (Phi) is 9.65. The number of fused-ring (bicyclic) bond motifs is 1. The number of thioether (sulfide) groups is 1. The fraction of sp³-hybridized carbons (Fsp3) is 0.323. The van der Waals surface area contributed by atoms with Gasteiger partial charge in [-0.2, -0.15) is 0 Å².